The van der Waals surface area contributed by atoms with Gasteiger partial charge in [-0.3, -0.25) is 0 Å². The molecule has 0 aliphatic carbocycles. The Kier molecular flexibility index (Phi) is 19.8. The third-order valence-electron chi connectivity index (χ3n) is 1.11. The van der Waals surface area contributed by atoms with Gasteiger partial charge in [-0.05, 0) is 0 Å². The van der Waals surface area contributed by atoms with Crippen molar-refractivity contribution in [3.8, 4) is 0 Å². The van der Waals surface area contributed by atoms with E-state index in [-0.39, 0.29) is 37.2 Å². The molecule has 0 fully saturated rings. The summed E-state index contributed by atoms with van der Waals surface area (Å²) < 4.78 is 0. The van der Waals surface area contributed by atoms with Crippen LogP contribution in [0.4, 0.5) is 0 Å². The maximum atomic E-state index is 2.00. The summed E-state index contributed by atoms with van der Waals surface area (Å²) in [6, 6.07) is 20.0. The van der Waals surface area contributed by atoms with Crippen molar-refractivity contribution in [2.24, 2.45) is 0 Å². The Hall–Kier alpha value is -0.497. The van der Waals surface area contributed by atoms with Gasteiger partial charge in [0, 0.05) is 0 Å². The van der Waals surface area contributed by atoms with E-state index in [1.54, 1.807) is 0 Å². The van der Waals surface area contributed by atoms with Gasteiger partial charge in [-0.2, -0.15) is 36.4 Å². The van der Waals surface area contributed by atoms with Crippen LogP contribution >= 0.6 is 0 Å². The first-order valence-electron chi connectivity index (χ1n) is 3.33. The fourth-order valence-corrected chi connectivity index (χ4v) is 0.642. The smallest absolute Gasteiger partial charge is 0.870 e. The molecule has 0 aliphatic heterocycles. The van der Waals surface area contributed by atoms with E-state index in [0.29, 0.717) is 0 Å². The predicted octanol–water partition coefficient (Wildman–Crippen LogP) is 2.45. The van der Waals surface area contributed by atoms with Gasteiger partial charge < -0.3 is 11.0 Å². The molecule has 3 heteroatoms. The summed E-state index contributed by atoms with van der Waals surface area (Å²) >= 11 is 0. The average Bonchev–Trinajstić information content (AvgIpc) is 2.67. The molecule has 0 heterocycles. The van der Waals surface area contributed by atoms with Crippen LogP contribution in [0.15, 0.2) is 60.7 Å². The Morgan fingerprint density at radius 2 is 0.769 bits per heavy atom. The molecule has 2 aromatic rings. The van der Waals surface area contributed by atoms with Crippen molar-refractivity contribution in [1.82, 2.24) is 0 Å². The molecule has 2 N–H and O–H groups in total. The summed E-state index contributed by atoms with van der Waals surface area (Å²) in [7, 11) is 0. The fraction of sp³-hybridized carbons (Fsp3) is 0. The topological polar surface area (TPSA) is 60.0 Å². The van der Waals surface area contributed by atoms with Gasteiger partial charge in [0.25, 0.3) is 0 Å². The average molecular weight is 255 g/mol. The van der Waals surface area contributed by atoms with Crippen LogP contribution in [0.2, 0.25) is 0 Å². The molecule has 0 aromatic heterocycles. The summed E-state index contributed by atoms with van der Waals surface area (Å²) in [5.74, 6) is 0. The number of hydrogen-bond donors (Lipinski definition) is 0. The second-order valence-corrected chi connectivity index (χ2v) is 1.92. The van der Waals surface area contributed by atoms with Crippen molar-refractivity contribution in [2.45, 2.75) is 0 Å². The van der Waals surface area contributed by atoms with Crippen LogP contribution in [0.1, 0.15) is 0 Å². The minimum absolute atomic E-state index is 0. The molecule has 70 valence electrons. The molecule has 2 nitrogen and oxygen atoms in total. The molecule has 0 saturated heterocycles. The Balaban J connectivity index is -0.000000125. The van der Waals surface area contributed by atoms with Crippen LogP contribution < -0.4 is 0 Å². The van der Waals surface area contributed by atoms with E-state index in [1.807, 2.05) is 60.7 Å². The SMILES string of the molecule is [OH-].[OH-].[Zr+2].c1cc[cH-]c1.c1cc[cH-]c1. The van der Waals surface area contributed by atoms with E-state index in [4.69, 9.17) is 0 Å². The van der Waals surface area contributed by atoms with Gasteiger partial charge in [0.15, 0.2) is 0 Å². The maximum Gasteiger partial charge on any atom is 2.00 e. The largest absolute Gasteiger partial charge is 2.00 e. The van der Waals surface area contributed by atoms with Gasteiger partial charge in [0.05, 0.1) is 0 Å². The van der Waals surface area contributed by atoms with E-state index in [1.165, 1.54) is 0 Å². The number of hydrogen-bond acceptors (Lipinski definition) is 2. The van der Waals surface area contributed by atoms with Crippen LogP contribution in [0.5, 0.6) is 0 Å². The summed E-state index contributed by atoms with van der Waals surface area (Å²) in [4.78, 5) is 0. The van der Waals surface area contributed by atoms with Gasteiger partial charge in [-0.25, -0.2) is 24.3 Å². The van der Waals surface area contributed by atoms with Gasteiger partial charge in [-0.15, -0.1) is 0 Å². The molecule has 2 aromatic carbocycles. The molecule has 0 radical (unpaired) electrons. The number of rotatable bonds is 0. The quantitative estimate of drug-likeness (QED) is 0.679. The summed E-state index contributed by atoms with van der Waals surface area (Å²) in [5, 5.41) is 0. The van der Waals surface area contributed by atoms with Gasteiger partial charge in [0.2, 0.25) is 0 Å². The minimum atomic E-state index is 0. The second kappa shape index (κ2) is 14.1. The second-order valence-electron chi connectivity index (χ2n) is 1.92. The standard InChI is InChI=1S/2C5H5.2H2O.Zr/c2*1-2-4-5-3-1;;;/h2*1-5H;2*1H2;/q2*-1;;;+2/p-2. The zero-order valence-corrected chi connectivity index (χ0v) is 9.63. The van der Waals surface area contributed by atoms with Crippen LogP contribution in [0.3, 0.4) is 0 Å². The normalized spacial score (nSPS) is 6.15. The zero-order chi connectivity index (χ0) is 7.07. The molecule has 0 atom stereocenters. The van der Waals surface area contributed by atoms with Crippen molar-refractivity contribution in [1.29, 1.82) is 0 Å². The molecule has 0 saturated carbocycles. The van der Waals surface area contributed by atoms with E-state index in [0.717, 1.165) is 0 Å². The Labute approximate surface area is 97.7 Å². The monoisotopic (exact) mass is 254 g/mol. The molecular formula is C10H12O2Zr-2. The molecule has 0 spiro atoms. The first kappa shape index (κ1) is 18.3. The first-order chi connectivity index (χ1) is 5.00. The molecule has 2 rings (SSSR count). The van der Waals surface area contributed by atoms with E-state index >= 15 is 0 Å². The predicted molar refractivity (Wildman–Crippen MR) is 47.9 cm³/mol. The molecule has 0 aliphatic rings. The Bertz CT molecular complexity index is 152. The van der Waals surface area contributed by atoms with Crippen LogP contribution in [0.25, 0.3) is 0 Å². The summed E-state index contributed by atoms with van der Waals surface area (Å²) in [5.41, 5.74) is 0. The zero-order valence-electron chi connectivity index (χ0n) is 7.17. The maximum absolute atomic E-state index is 2.00. The third-order valence-corrected chi connectivity index (χ3v) is 1.11. The van der Waals surface area contributed by atoms with Crippen LogP contribution in [-0.2, 0) is 26.2 Å². The van der Waals surface area contributed by atoms with E-state index in [9.17, 15) is 0 Å². The summed E-state index contributed by atoms with van der Waals surface area (Å²) in [6.07, 6.45) is 0. The van der Waals surface area contributed by atoms with Crippen molar-refractivity contribution in [3.63, 3.8) is 0 Å². The van der Waals surface area contributed by atoms with Gasteiger partial charge in [0.1, 0.15) is 0 Å². The van der Waals surface area contributed by atoms with Crippen LogP contribution in [-0.4, -0.2) is 11.0 Å². The van der Waals surface area contributed by atoms with Gasteiger partial charge >= 0.3 is 26.2 Å². The molecule has 0 bridgehead atoms. The molecule has 0 unspecified atom stereocenters. The van der Waals surface area contributed by atoms with E-state index < -0.39 is 0 Å². The Morgan fingerprint density at radius 3 is 0.846 bits per heavy atom. The summed E-state index contributed by atoms with van der Waals surface area (Å²) in [6.45, 7) is 0. The van der Waals surface area contributed by atoms with Crippen molar-refractivity contribution in [2.75, 3.05) is 0 Å². The van der Waals surface area contributed by atoms with Crippen molar-refractivity contribution in [3.05, 3.63) is 60.7 Å². The Morgan fingerprint density at radius 1 is 0.538 bits per heavy atom. The fourth-order valence-electron chi connectivity index (χ4n) is 0.642. The third kappa shape index (κ3) is 11.5. The van der Waals surface area contributed by atoms with E-state index in [2.05, 4.69) is 0 Å². The molecular weight excluding hydrogens is 243 g/mol. The van der Waals surface area contributed by atoms with Crippen molar-refractivity contribution < 1.29 is 37.2 Å². The minimum Gasteiger partial charge on any atom is -0.870 e. The van der Waals surface area contributed by atoms with Gasteiger partial charge in [-0.1, -0.05) is 0 Å². The van der Waals surface area contributed by atoms with Crippen molar-refractivity contribution >= 4 is 0 Å². The molecule has 0 amide bonds. The first-order valence-corrected chi connectivity index (χ1v) is 3.33. The molecule has 13 heavy (non-hydrogen) atoms. The van der Waals surface area contributed by atoms with Crippen LogP contribution in [0, 0.1) is 0 Å².